The van der Waals surface area contributed by atoms with Gasteiger partial charge in [0.2, 0.25) is 5.91 Å². The normalized spacial score (nSPS) is 25.2. The van der Waals surface area contributed by atoms with E-state index < -0.39 is 0 Å². The number of amides is 1. The third-order valence-corrected chi connectivity index (χ3v) is 4.37. The first-order valence-electron chi connectivity index (χ1n) is 8.46. The van der Waals surface area contributed by atoms with Crippen LogP contribution < -0.4 is 10.6 Å². The molecule has 2 rings (SSSR count). The highest BCUT2D eigenvalue weighted by molar-refractivity contribution is 5.78. The lowest BCUT2D eigenvalue weighted by Crippen LogP contribution is -2.47. The molecule has 2 fully saturated rings. The Balaban J connectivity index is 1.67. The molecule has 2 N–H and O–H groups in total. The van der Waals surface area contributed by atoms with Crippen LogP contribution in [0.1, 0.15) is 39.5 Å². The fourth-order valence-electron chi connectivity index (χ4n) is 3.18. The summed E-state index contributed by atoms with van der Waals surface area (Å²) in [4.78, 5) is 14.5. The van der Waals surface area contributed by atoms with Crippen molar-refractivity contribution >= 4 is 5.91 Å². The summed E-state index contributed by atoms with van der Waals surface area (Å²) in [7, 11) is 0. The lowest BCUT2D eigenvalue weighted by Gasteiger charge is -2.33. The van der Waals surface area contributed by atoms with Gasteiger partial charge in [0.1, 0.15) is 0 Å². The maximum atomic E-state index is 12.1. The summed E-state index contributed by atoms with van der Waals surface area (Å²) in [6.45, 7) is 9.63. The van der Waals surface area contributed by atoms with Gasteiger partial charge in [-0.2, -0.15) is 0 Å². The molecule has 0 aromatic heterocycles. The Morgan fingerprint density at radius 3 is 2.76 bits per heavy atom. The van der Waals surface area contributed by atoms with Crippen LogP contribution in [0.15, 0.2) is 0 Å². The van der Waals surface area contributed by atoms with E-state index in [1.807, 2.05) is 0 Å². The second-order valence-electron chi connectivity index (χ2n) is 6.76. The van der Waals surface area contributed by atoms with Crippen LogP contribution in [-0.2, 0) is 9.53 Å². The first kappa shape index (κ1) is 16.7. The average molecular weight is 297 g/mol. The highest BCUT2D eigenvalue weighted by atomic mass is 16.5. The molecular formula is C16H31N3O2. The summed E-state index contributed by atoms with van der Waals surface area (Å²) in [6, 6.07) is 0.853. The van der Waals surface area contributed by atoms with Crippen LogP contribution in [0, 0.1) is 5.92 Å². The summed E-state index contributed by atoms with van der Waals surface area (Å²) >= 11 is 0. The van der Waals surface area contributed by atoms with Gasteiger partial charge in [0.15, 0.2) is 0 Å². The Morgan fingerprint density at radius 1 is 1.29 bits per heavy atom. The highest BCUT2D eigenvalue weighted by Crippen LogP contribution is 2.15. The predicted molar refractivity (Wildman–Crippen MR) is 84.3 cm³/mol. The van der Waals surface area contributed by atoms with E-state index in [2.05, 4.69) is 29.4 Å². The first-order valence-corrected chi connectivity index (χ1v) is 8.46. The van der Waals surface area contributed by atoms with Crippen molar-refractivity contribution in [3.63, 3.8) is 0 Å². The van der Waals surface area contributed by atoms with Crippen molar-refractivity contribution in [1.29, 1.82) is 0 Å². The van der Waals surface area contributed by atoms with E-state index in [-0.39, 0.29) is 5.91 Å². The molecule has 2 heterocycles. The molecule has 5 heteroatoms. The fourth-order valence-corrected chi connectivity index (χ4v) is 3.18. The predicted octanol–water partition coefficient (Wildman–Crippen LogP) is 0.992. The molecule has 0 aliphatic carbocycles. The minimum atomic E-state index is 0.180. The molecule has 5 nitrogen and oxygen atoms in total. The van der Waals surface area contributed by atoms with Crippen LogP contribution >= 0.6 is 0 Å². The van der Waals surface area contributed by atoms with Crippen LogP contribution in [0.4, 0.5) is 0 Å². The summed E-state index contributed by atoms with van der Waals surface area (Å²) in [6.07, 6.45) is 4.38. The SMILES string of the molecule is CC(C)NCC1CCCN(CC(=O)NC2CCOCC2)C1. The third-order valence-electron chi connectivity index (χ3n) is 4.37. The Kier molecular flexibility index (Phi) is 6.93. The van der Waals surface area contributed by atoms with Crippen molar-refractivity contribution in [2.75, 3.05) is 39.4 Å². The summed E-state index contributed by atoms with van der Waals surface area (Å²) in [5.41, 5.74) is 0. The van der Waals surface area contributed by atoms with Gasteiger partial charge in [0.05, 0.1) is 6.54 Å². The van der Waals surface area contributed by atoms with E-state index in [1.54, 1.807) is 0 Å². The minimum Gasteiger partial charge on any atom is -0.381 e. The number of nitrogens with zero attached hydrogens (tertiary/aromatic N) is 1. The fraction of sp³-hybridized carbons (Fsp3) is 0.938. The van der Waals surface area contributed by atoms with E-state index in [4.69, 9.17) is 4.74 Å². The molecule has 2 aliphatic heterocycles. The molecule has 2 saturated heterocycles. The summed E-state index contributed by atoms with van der Waals surface area (Å²) in [5, 5.41) is 6.67. The number of hydrogen-bond acceptors (Lipinski definition) is 4. The van der Waals surface area contributed by atoms with Gasteiger partial charge in [-0.15, -0.1) is 0 Å². The van der Waals surface area contributed by atoms with E-state index >= 15 is 0 Å². The molecule has 1 atom stereocenters. The Labute approximate surface area is 128 Å². The zero-order valence-electron chi connectivity index (χ0n) is 13.6. The molecule has 0 aromatic carbocycles. The van der Waals surface area contributed by atoms with Crippen molar-refractivity contribution in [3.05, 3.63) is 0 Å². The maximum Gasteiger partial charge on any atom is 0.234 e. The molecule has 0 saturated carbocycles. The van der Waals surface area contributed by atoms with E-state index in [0.29, 0.717) is 24.5 Å². The van der Waals surface area contributed by atoms with Gasteiger partial charge in [-0.05, 0) is 44.7 Å². The molecule has 2 aliphatic rings. The van der Waals surface area contributed by atoms with Crippen molar-refractivity contribution in [2.24, 2.45) is 5.92 Å². The molecule has 21 heavy (non-hydrogen) atoms. The van der Waals surface area contributed by atoms with Gasteiger partial charge in [-0.1, -0.05) is 13.8 Å². The van der Waals surface area contributed by atoms with Crippen molar-refractivity contribution < 1.29 is 9.53 Å². The Hall–Kier alpha value is -0.650. The Morgan fingerprint density at radius 2 is 2.05 bits per heavy atom. The van der Waals surface area contributed by atoms with E-state index in [1.165, 1.54) is 12.8 Å². The summed E-state index contributed by atoms with van der Waals surface area (Å²) in [5.74, 6) is 0.858. The zero-order valence-corrected chi connectivity index (χ0v) is 13.6. The molecular weight excluding hydrogens is 266 g/mol. The van der Waals surface area contributed by atoms with Crippen LogP contribution in [0.2, 0.25) is 0 Å². The second kappa shape index (κ2) is 8.71. The number of nitrogens with one attached hydrogen (secondary N) is 2. The lowest BCUT2D eigenvalue weighted by atomic mass is 9.97. The number of rotatable bonds is 6. The monoisotopic (exact) mass is 297 g/mol. The van der Waals surface area contributed by atoms with Gasteiger partial charge in [0.25, 0.3) is 0 Å². The molecule has 0 spiro atoms. The standard InChI is InChI=1S/C16H31N3O2/c1-13(2)17-10-14-4-3-7-19(11-14)12-16(20)18-15-5-8-21-9-6-15/h13-15,17H,3-12H2,1-2H3,(H,18,20). The quantitative estimate of drug-likeness (QED) is 0.768. The van der Waals surface area contributed by atoms with Gasteiger partial charge in [0, 0.05) is 31.8 Å². The van der Waals surface area contributed by atoms with E-state index in [9.17, 15) is 4.79 Å². The van der Waals surface area contributed by atoms with Gasteiger partial charge >= 0.3 is 0 Å². The van der Waals surface area contributed by atoms with E-state index in [0.717, 1.165) is 45.7 Å². The average Bonchev–Trinajstić information content (AvgIpc) is 2.46. The highest BCUT2D eigenvalue weighted by Gasteiger charge is 2.23. The van der Waals surface area contributed by atoms with Crippen molar-refractivity contribution in [1.82, 2.24) is 15.5 Å². The summed E-state index contributed by atoms with van der Waals surface area (Å²) < 4.78 is 5.32. The maximum absolute atomic E-state index is 12.1. The van der Waals surface area contributed by atoms with Gasteiger partial charge < -0.3 is 15.4 Å². The molecule has 1 amide bonds. The third kappa shape index (κ3) is 6.32. The Bertz CT molecular complexity index is 317. The first-order chi connectivity index (χ1) is 10.1. The number of carbonyl (C=O) groups excluding carboxylic acids is 1. The van der Waals surface area contributed by atoms with Crippen molar-refractivity contribution in [3.8, 4) is 0 Å². The largest absolute Gasteiger partial charge is 0.381 e. The molecule has 0 radical (unpaired) electrons. The molecule has 122 valence electrons. The molecule has 0 bridgehead atoms. The smallest absolute Gasteiger partial charge is 0.234 e. The number of piperidine rings is 1. The van der Waals surface area contributed by atoms with Crippen LogP contribution in [-0.4, -0.2) is 62.3 Å². The lowest BCUT2D eigenvalue weighted by molar-refractivity contribution is -0.124. The minimum absolute atomic E-state index is 0.180. The number of ether oxygens (including phenoxy) is 1. The zero-order chi connectivity index (χ0) is 15.1. The second-order valence-corrected chi connectivity index (χ2v) is 6.76. The van der Waals surface area contributed by atoms with Gasteiger partial charge in [-0.25, -0.2) is 0 Å². The number of hydrogen-bond donors (Lipinski definition) is 2. The van der Waals surface area contributed by atoms with Crippen LogP contribution in [0.3, 0.4) is 0 Å². The molecule has 0 aromatic rings. The van der Waals surface area contributed by atoms with Crippen LogP contribution in [0.5, 0.6) is 0 Å². The van der Waals surface area contributed by atoms with Crippen LogP contribution in [0.25, 0.3) is 0 Å². The number of likely N-dealkylation sites (tertiary alicyclic amines) is 1. The number of carbonyl (C=O) groups is 1. The topological polar surface area (TPSA) is 53.6 Å². The van der Waals surface area contributed by atoms with Crippen molar-refractivity contribution in [2.45, 2.75) is 51.6 Å². The van der Waals surface area contributed by atoms with Gasteiger partial charge in [-0.3, -0.25) is 9.69 Å². The molecule has 1 unspecified atom stereocenters.